The van der Waals surface area contributed by atoms with Crippen LogP contribution in [0.15, 0.2) is 66.9 Å². The van der Waals surface area contributed by atoms with E-state index in [9.17, 15) is 18.8 Å². The molecule has 1 fully saturated rings. The summed E-state index contributed by atoms with van der Waals surface area (Å²) >= 11 is 0. The first-order valence-corrected chi connectivity index (χ1v) is 15.2. The summed E-state index contributed by atoms with van der Waals surface area (Å²) in [5, 5.41) is 5.84. The van der Waals surface area contributed by atoms with Crippen LogP contribution in [0.5, 0.6) is 23.0 Å². The number of halogens is 2. The molecule has 1 aliphatic carbocycles. The maximum Gasteiger partial charge on any atom is 0.305 e. The second kappa shape index (κ2) is 14.9. The Morgan fingerprint density at radius 3 is 2.17 bits per heavy atom. The van der Waals surface area contributed by atoms with Crippen LogP contribution in [-0.4, -0.2) is 43.6 Å². The molecule has 0 bridgehead atoms. The lowest BCUT2D eigenvalue weighted by Crippen LogP contribution is -2.35. The number of amides is 2. The van der Waals surface area contributed by atoms with Crippen LogP contribution in [0, 0.1) is 17.0 Å². The predicted octanol–water partition coefficient (Wildman–Crippen LogP) is 7.17. The number of unbranched alkanes of at least 4 members (excludes halogenated alkanes) is 3. The highest BCUT2D eigenvalue weighted by atomic mass is 19.1. The number of anilines is 2. The molecule has 1 saturated carbocycles. The number of hydrogen-bond acceptors (Lipinski definition) is 8. The zero-order chi connectivity index (χ0) is 33.4. The first-order valence-electron chi connectivity index (χ1n) is 15.2. The standard InChI is InChI=1S/C35H35F2N3O7/c1-44-30-20-25-27(21-31(30)46-18-6-4-3-5-7-32(41)45-2)38-17-14-28(25)47-29-13-12-24(19-26(29)37)40-34(43)35(15-16-35)33(42)39-23-10-8-22(36)9-11-23/h8-14,17,19-21H,3-7,15-16,18H2,1-2H3,(H,39,42)(H,40,43). The quantitative estimate of drug-likeness (QED) is 0.0790. The second-order valence-corrected chi connectivity index (χ2v) is 11.2. The number of fused-ring (bicyclic) bond motifs is 1. The summed E-state index contributed by atoms with van der Waals surface area (Å²) in [4.78, 5) is 41.5. The molecule has 0 atom stereocenters. The first-order chi connectivity index (χ1) is 22.7. The number of carbonyl (C=O) groups is 3. The third kappa shape index (κ3) is 8.13. The number of methoxy groups -OCH3 is 2. The van der Waals surface area contributed by atoms with Crippen LogP contribution < -0.4 is 24.8 Å². The van der Waals surface area contributed by atoms with Gasteiger partial charge in [0.15, 0.2) is 23.1 Å². The molecule has 246 valence electrons. The average Bonchev–Trinajstić information content (AvgIpc) is 3.89. The minimum Gasteiger partial charge on any atom is -0.493 e. The Bertz CT molecular complexity index is 1760. The highest BCUT2D eigenvalue weighted by Gasteiger charge is 2.56. The molecule has 3 aromatic carbocycles. The number of ether oxygens (including phenoxy) is 4. The van der Waals surface area contributed by atoms with E-state index < -0.39 is 28.9 Å². The number of hydrogen-bond donors (Lipinski definition) is 2. The maximum absolute atomic E-state index is 15.2. The molecule has 12 heteroatoms. The van der Waals surface area contributed by atoms with Crippen molar-refractivity contribution in [1.82, 2.24) is 4.98 Å². The Morgan fingerprint density at radius 2 is 1.49 bits per heavy atom. The van der Waals surface area contributed by atoms with Gasteiger partial charge >= 0.3 is 5.97 Å². The number of benzene rings is 3. The third-order valence-electron chi connectivity index (χ3n) is 7.88. The molecule has 47 heavy (non-hydrogen) atoms. The molecule has 1 aromatic heterocycles. The number of carbonyl (C=O) groups excluding carboxylic acids is 3. The average molecular weight is 648 g/mol. The molecule has 2 N–H and O–H groups in total. The van der Waals surface area contributed by atoms with Gasteiger partial charge in [0.05, 0.1) is 26.3 Å². The third-order valence-corrected chi connectivity index (χ3v) is 7.88. The Labute approximate surface area is 270 Å². The molecule has 10 nitrogen and oxygen atoms in total. The monoisotopic (exact) mass is 647 g/mol. The predicted molar refractivity (Wildman–Crippen MR) is 171 cm³/mol. The van der Waals surface area contributed by atoms with E-state index in [2.05, 4.69) is 20.4 Å². The summed E-state index contributed by atoms with van der Waals surface area (Å²) < 4.78 is 50.5. The van der Waals surface area contributed by atoms with Crippen molar-refractivity contribution < 1.29 is 42.1 Å². The number of aromatic nitrogens is 1. The minimum absolute atomic E-state index is 0.0859. The van der Waals surface area contributed by atoms with Gasteiger partial charge in [0.25, 0.3) is 0 Å². The van der Waals surface area contributed by atoms with Crippen LogP contribution in [0.25, 0.3) is 10.9 Å². The van der Waals surface area contributed by atoms with Crippen LogP contribution in [0.2, 0.25) is 0 Å². The number of rotatable bonds is 15. The van der Waals surface area contributed by atoms with E-state index in [0.717, 1.165) is 31.7 Å². The van der Waals surface area contributed by atoms with Gasteiger partial charge < -0.3 is 29.6 Å². The molecule has 4 aromatic rings. The lowest BCUT2D eigenvalue weighted by molar-refractivity contribution is -0.140. The second-order valence-electron chi connectivity index (χ2n) is 11.2. The van der Waals surface area contributed by atoms with Crippen molar-refractivity contribution in [2.45, 2.75) is 44.9 Å². The highest BCUT2D eigenvalue weighted by molar-refractivity contribution is 6.16. The molecule has 1 aliphatic rings. The van der Waals surface area contributed by atoms with E-state index in [0.29, 0.717) is 59.7 Å². The zero-order valence-electron chi connectivity index (χ0n) is 26.1. The Kier molecular flexibility index (Phi) is 10.5. The summed E-state index contributed by atoms with van der Waals surface area (Å²) in [6.45, 7) is 0.449. The fraction of sp³-hybridized carbons (Fsp3) is 0.314. The van der Waals surface area contributed by atoms with Crippen LogP contribution in [-0.2, 0) is 19.1 Å². The molecule has 5 rings (SSSR count). The van der Waals surface area contributed by atoms with Crippen molar-refractivity contribution >= 4 is 40.1 Å². The number of pyridine rings is 1. The Hall–Kier alpha value is -5.26. The normalized spacial score (nSPS) is 13.0. The Morgan fingerprint density at radius 1 is 0.787 bits per heavy atom. The minimum atomic E-state index is -1.29. The van der Waals surface area contributed by atoms with Crippen molar-refractivity contribution in [1.29, 1.82) is 0 Å². The van der Waals surface area contributed by atoms with Gasteiger partial charge in [0, 0.05) is 41.5 Å². The number of nitrogens with zero attached hydrogens (tertiary/aromatic N) is 1. The molecule has 0 aliphatic heterocycles. The smallest absolute Gasteiger partial charge is 0.305 e. The van der Waals surface area contributed by atoms with Gasteiger partial charge in [0.1, 0.15) is 17.0 Å². The molecule has 0 spiro atoms. The maximum atomic E-state index is 15.2. The summed E-state index contributed by atoms with van der Waals surface area (Å²) in [5.74, 6) is -1.25. The largest absolute Gasteiger partial charge is 0.493 e. The van der Waals surface area contributed by atoms with E-state index in [1.807, 2.05) is 0 Å². The summed E-state index contributed by atoms with van der Waals surface area (Å²) in [5.41, 5.74) is -0.210. The summed E-state index contributed by atoms with van der Waals surface area (Å²) in [7, 11) is 2.90. The van der Waals surface area contributed by atoms with Crippen LogP contribution >= 0.6 is 0 Å². The molecule has 0 saturated heterocycles. The molecule has 1 heterocycles. The molecule has 0 radical (unpaired) electrons. The Balaban J connectivity index is 1.21. The lowest BCUT2D eigenvalue weighted by atomic mass is 10.0. The van der Waals surface area contributed by atoms with Crippen LogP contribution in [0.3, 0.4) is 0 Å². The molecule has 0 unspecified atom stereocenters. The molecular weight excluding hydrogens is 612 g/mol. The van der Waals surface area contributed by atoms with Gasteiger partial charge in [-0.15, -0.1) is 0 Å². The number of nitrogens with one attached hydrogen (secondary N) is 2. The van der Waals surface area contributed by atoms with Crippen molar-refractivity contribution in [3.05, 3.63) is 78.5 Å². The SMILES string of the molecule is COC(=O)CCCCCCOc1cc2nccc(Oc3ccc(NC(=O)C4(C(=O)Nc5ccc(F)cc5)CC4)cc3F)c2cc1OC. The van der Waals surface area contributed by atoms with Gasteiger partial charge in [-0.2, -0.15) is 0 Å². The molecular formula is C35H35F2N3O7. The van der Waals surface area contributed by atoms with E-state index in [4.69, 9.17) is 14.2 Å². The van der Waals surface area contributed by atoms with E-state index in [-0.39, 0.29) is 17.4 Å². The van der Waals surface area contributed by atoms with Crippen molar-refractivity contribution in [3.8, 4) is 23.0 Å². The van der Waals surface area contributed by atoms with Gasteiger partial charge in [-0.05, 0) is 74.2 Å². The van der Waals surface area contributed by atoms with Gasteiger partial charge in [-0.1, -0.05) is 12.8 Å². The van der Waals surface area contributed by atoms with Crippen molar-refractivity contribution in [2.75, 3.05) is 31.5 Å². The lowest BCUT2D eigenvalue weighted by Gasteiger charge is -2.16. The number of esters is 1. The van der Waals surface area contributed by atoms with Crippen molar-refractivity contribution in [3.63, 3.8) is 0 Å². The topological polar surface area (TPSA) is 125 Å². The first kappa shape index (κ1) is 33.1. The van der Waals surface area contributed by atoms with Crippen LogP contribution in [0.4, 0.5) is 20.2 Å². The van der Waals surface area contributed by atoms with Gasteiger partial charge in [-0.25, -0.2) is 8.78 Å². The van der Waals surface area contributed by atoms with E-state index in [1.54, 1.807) is 18.2 Å². The van der Waals surface area contributed by atoms with Crippen LogP contribution in [0.1, 0.15) is 44.9 Å². The fourth-order valence-electron chi connectivity index (χ4n) is 5.00. The summed E-state index contributed by atoms with van der Waals surface area (Å²) in [6, 6.07) is 14.3. The molecule has 2 amide bonds. The van der Waals surface area contributed by atoms with Gasteiger partial charge in [-0.3, -0.25) is 19.4 Å². The zero-order valence-corrected chi connectivity index (χ0v) is 26.1. The van der Waals surface area contributed by atoms with Gasteiger partial charge in [0.2, 0.25) is 11.8 Å². The van der Waals surface area contributed by atoms with E-state index in [1.165, 1.54) is 56.8 Å². The van der Waals surface area contributed by atoms with Crippen molar-refractivity contribution in [2.24, 2.45) is 5.41 Å². The summed E-state index contributed by atoms with van der Waals surface area (Å²) in [6.07, 6.45) is 5.93. The highest BCUT2D eigenvalue weighted by Crippen LogP contribution is 2.47. The fourth-order valence-corrected chi connectivity index (χ4v) is 5.00. The van der Waals surface area contributed by atoms with E-state index >= 15 is 4.39 Å².